The molecule has 0 aliphatic carbocycles. The van der Waals surface area contributed by atoms with Crippen molar-refractivity contribution in [2.24, 2.45) is 0 Å². The normalized spacial score (nSPS) is 10.8. The fourth-order valence-electron chi connectivity index (χ4n) is 4.40. The summed E-state index contributed by atoms with van der Waals surface area (Å²) >= 11 is 0. The minimum atomic E-state index is -0.361. The monoisotopic (exact) mass is 497 g/mol. The third kappa shape index (κ3) is 5.85. The van der Waals surface area contributed by atoms with Crippen LogP contribution in [0.4, 0.5) is 0 Å². The first-order valence-electron chi connectivity index (χ1n) is 12.5. The summed E-state index contributed by atoms with van der Waals surface area (Å²) in [7, 11) is 0. The van der Waals surface area contributed by atoms with Gasteiger partial charge in [0, 0.05) is 0 Å². The Morgan fingerprint density at radius 2 is 0.711 bits per heavy atom. The molecule has 0 aliphatic rings. The highest BCUT2D eigenvalue weighted by Crippen LogP contribution is 2.23. The number of nitrogens with zero attached hydrogens (tertiary/aromatic N) is 1. The van der Waals surface area contributed by atoms with Crippen LogP contribution in [0.3, 0.4) is 0 Å². The number of hydrogen-bond donors (Lipinski definition) is 2. The molecule has 4 aromatic carbocycles. The molecule has 0 atom stereocenters. The lowest BCUT2D eigenvalue weighted by Crippen LogP contribution is -2.32. The van der Waals surface area contributed by atoms with Crippen LogP contribution >= 0.6 is 0 Å². The Morgan fingerprint density at radius 1 is 0.421 bits per heavy atom. The second kappa shape index (κ2) is 11.8. The Labute approximate surface area is 222 Å². The van der Waals surface area contributed by atoms with Gasteiger partial charge in [0.2, 0.25) is 0 Å². The lowest BCUT2D eigenvalue weighted by molar-refractivity contribution is 0.0933. The molecular formula is C33H27N3O2. The number of rotatable bonds is 8. The fourth-order valence-corrected chi connectivity index (χ4v) is 4.40. The lowest BCUT2D eigenvalue weighted by atomic mass is 9.98. The van der Waals surface area contributed by atoms with Crippen molar-refractivity contribution in [3.63, 3.8) is 0 Å². The molecule has 1 aromatic heterocycles. The highest BCUT2D eigenvalue weighted by Gasteiger charge is 2.21. The highest BCUT2D eigenvalue weighted by molar-refractivity contribution is 5.96. The van der Waals surface area contributed by atoms with Gasteiger partial charge < -0.3 is 10.6 Å². The Bertz CT molecular complexity index is 1300. The van der Waals surface area contributed by atoms with Crippen LogP contribution in [0.5, 0.6) is 0 Å². The molecule has 0 fully saturated rings. The van der Waals surface area contributed by atoms with E-state index >= 15 is 0 Å². The van der Waals surface area contributed by atoms with E-state index in [1.54, 1.807) is 18.2 Å². The van der Waals surface area contributed by atoms with Crippen molar-refractivity contribution < 1.29 is 9.59 Å². The van der Waals surface area contributed by atoms with Gasteiger partial charge in [0.25, 0.3) is 11.8 Å². The van der Waals surface area contributed by atoms with Gasteiger partial charge in [0.15, 0.2) is 0 Å². The highest BCUT2D eigenvalue weighted by atomic mass is 16.2. The maximum atomic E-state index is 13.3. The number of hydrogen-bond acceptors (Lipinski definition) is 3. The number of aromatic nitrogens is 1. The predicted molar refractivity (Wildman–Crippen MR) is 149 cm³/mol. The van der Waals surface area contributed by atoms with Gasteiger partial charge in [-0.1, -0.05) is 127 Å². The Kier molecular flexibility index (Phi) is 7.66. The number of carbonyl (C=O) groups is 2. The van der Waals surface area contributed by atoms with E-state index in [1.165, 1.54) is 0 Å². The third-order valence-corrected chi connectivity index (χ3v) is 6.30. The van der Waals surface area contributed by atoms with E-state index < -0.39 is 0 Å². The zero-order valence-corrected chi connectivity index (χ0v) is 20.7. The second-order valence-corrected chi connectivity index (χ2v) is 8.86. The van der Waals surface area contributed by atoms with E-state index in [0.717, 1.165) is 22.3 Å². The van der Waals surface area contributed by atoms with Gasteiger partial charge >= 0.3 is 0 Å². The SMILES string of the molecule is O=C(NC(c1ccccc1)c1ccccc1)c1cccc(C(=O)NC(c2ccccc2)c2ccccc2)n1. The van der Waals surface area contributed by atoms with Crippen LogP contribution < -0.4 is 10.6 Å². The number of pyridine rings is 1. The zero-order valence-electron chi connectivity index (χ0n) is 20.7. The first-order valence-corrected chi connectivity index (χ1v) is 12.5. The van der Waals surface area contributed by atoms with Crippen LogP contribution in [0.25, 0.3) is 0 Å². The van der Waals surface area contributed by atoms with E-state index in [0.29, 0.717) is 0 Å². The van der Waals surface area contributed by atoms with Crippen molar-refractivity contribution >= 4 is 11.8 Å². The largest absolute Gasteiger partial charge is 0.340 e. The average Bonchev–Trinajstić information content (AvgIpc) is 3.00. The molecule has 0 spiro atoms. The molecule has 5 aromatic rings. The summed E-state index contributed by atoms with van der Waals surface area (Å²) in [5, 5.41) is 6.18. The predicted octanol–water partition coefficient (Wildman–Crippen LogP) is 6.12. The molecule has 5 heteroatoms. The molecule has 0 radical (unpaired) electrons. The molecule has 2 N–H and O–H groups in total. The maximum Gasteiger partial charge on any atom is 0.270 e. The summed E-state index contributed by atoms with van der Waals surface area (Å²) in [6.45, 7) is 0. The molecule has 5 rings (SSSR count). The average molecular weight is 498 g/mol. The summed E-state index contributed by atoms with van der Waals surface area (Å²) < 4.78 is 0. The summed E-state index contributed by atoms with van der Waals surface area (Å²) in [4.78, 5) is 31.1. The number of amides is 2. The van der Waals surface area contributed by atoms with Gasteiger partial charge in [-0.15, -0.1) is 0 Å². The van der Waals surface area contributed by atoms with Crippen LogP contribution in [0.1, 0.15) is 55.3 Å². The van der Waals surface area contributed by atoms with E-state index in [2.05, 4.69) is 15.6 Å². The van der Waals surface area contributed by atoms with Crippen molar-refractivity contribution in [2.45, 2.75) is 12.1 Å². The van der Waals surface area contributed by atoms with Crippen molar-refractivity contribution in [2.75, 3.05) is 0 Å². The van der Waals surface area contributed by atoms with Gasteiger partial charge in [-0.3, -0.25) is 9.59 Å². The van der Waals surface area contributed by atoms with Crippen molar-refractivity contribution in [1.29, 1.82) is 0 Å². The summed E-state index contributed by atoms with van der Waals surface area (Å²) in [6, 6.07) is 43.3. The fraction of sp³-hybridized carbons (Fsp3) is 0.0606. The molecule has 0 aliphatic heterocycles. The van der Waals surface area contributed by atoms with Crippen LogP contribution in [-0.4, -0.2) is 16.8 Å². The number of carbonyl (C=O) groups excluding carboxylic acids is 2. The second-order valence-electron chi connectivity index (χ2n) is 8.86. The van der Waals surface area contributed by atoms with Crippen LogP contribution in [0.15, 0.2) is 140 Å². The summed E-state index contributed by atoms with van der Waals surface area (Å²) in [5.74, 6) is -0.722. The van der Waals surface area contributed by atoms with Crippen LogP contribution in [0.2, 0.25) is 0 Å². The Morgan fingerprint density at radius 3 is 1.00 bits per heavy atom. The lowest BCUT2D eigenvalue weighted by Gasteiger charge is -2.21. The minimum Gasteiger partial charge on any atom is -0.340 e. The summed E-state index contributed by atoms with van der Waals surface area (Å²) in [5.41, 5.74) is 4.16. The molecule has 0 bridgehead atoms. The van der Waals surface area contributed by atoms with Crippen molar-refractivity contribution in [3.05, 3.63) is 173 Å². The number of benzene rings is 4. The molecule has 5 nitrogen and oxygen atoms in total. The smallest absolute Gasteiger partial charge is 0.270 e. The van der Waals surface area contributed by atoms with Crippen molar-refractivity contribution in [3.8, 4) is 0 Å². The van der Waals surface area contributed by atoms with Gasteiger partial charge in [-0.2, -0.15) is 0 Å². The summed E-state index contributed by atoms with van der Waals surface area (Å²) in [6.07, 6.45) is 0. The molecular weight excluding hydrogens is 470 g/mol. The maximum absolute atomic E-state index is 13.3. The molecule has 2 amide bonds. The molecule has 0 saturated heterocycles. The first-order chi connectivity index (χ1) is 18.7. The van der Waals surface area contributed by atoms with E-state index in [1.807, 2.05) is 121 Å². The van der Waals surface area contributed by atoms with E-state index in [-0.39, 0.29) is 35.3 Å². The molecule has 186 valence electrons. The molecule has 1 heterocycles. The topological polar surface area (TPSA) is 71.1 Å². The van der Waals surface area contributed by atoms with Crippen molar-refractivity contribution in [1.82, 2.24) is 15.6 Å². The van der Waals surface area contributed by atoms with Gasteiger partial charge in [-0.25, -0.2) is 4.98 Å². The van der Waals surface area contributed by atoms with Gasteiger partial charge in [-0.05, 0) is 34.4 Å². The number of nitrogens with one attached hydrogen (secondary N) is 2. The van der Waals surface area contributed by atoms with E-state index in [9.17, 15) is 9.59 Å². The molecule has 38 heavy (non-hydrogen) atoms. The quantitative estimate of drug-likeness (QED) is 0.271. The van der Waals surface area contributed by atoms with Gasteiger partial charge in [0.1, 0.15) is 11.4 Å². The van der Waals surface area contributed by atoms with Crippen LogP contribution in [-0.2, 0) is 0 Å². The first kappa shape index (κ1) is 24.7. The third-order valence-electron chi connectivity index (χ3n) is 6.30. The Hall–Kier alpha value is -5.03. The Balaban J connectivity index is 1.38. The molecule has 0 saturated carbocycles. The van der Waals surface area contributed by atoms with Gasteiger partial charge in [0.05, 0.1) is 12.1 Å². The van der Waals surface area contributed by atoms with E-state index in [4.69, 9.17) is 0 Å². The standard InChI is InChI=1S/C33H27N3O2/c37-32(35-30(24-14-5-1-6-15-24)25-16-7-2-8-17-25)28-22-13-23-29(34-28)33(38)36-31(26-18-9-3-10-19-26)27-20-11-4-12-21-27/h1-23,30-31H,(H,35,37)(H,36,38). The zero-order chi connectivity index (χ0) is 26.2. The molecule has 0 unspecified atom stereocenters. The van der Waals surface area contributed by atoms with Crippen LogP contribution in [0, 0.1) is 0 Å². The minimum absolute atomic E-state index is 0.172.